The van der Waals surface area contributed by atoms with Crippen molar-refractivity contribution in [3.05, 3.63) is 57.8 Å². The molecule has 0 atom stereocenters. The summed E-state index contributed by atoms with van der Waals surface area (Å²) < 4.78 is 27.8. The van der Waals surface area contributed by atoms with Crippen LogP contribution < -0.4 is 10.9 Å². The number of nitrogens with zero attached hydrogens (tertiary/aromatic N) is 3. The van der Waals surface area contributed by atoms with E-state index in [0.29, 0.717) is 36.5 Å². The van der Waals surface area contributed by atoms with Crippen molar-refractivity contribution in [1.82, 2.24) is 19.2 Å². The average Bonchev–Trinajstić information content (AvgIpc) is 2.68. The highest BCUT2D eigenvalue weighted by Gasteiger charge is 2.21. The fourth-order valence-electron chi connectivity index (χ4n) is 2.72. The Morgan fingerprint density at radius 2 is 1.75 bits per heavy atom. The summed E-state index contributed by atoms with van der Waals surface area (Å²) in [7, 11) is -3.55. The summed E-state index contributed by atoms with van der Waals surface area (Å²) in [5, 5.41) is 2.73. The highest BCUT2D eigenvalue weighted by atomic mass is 32.2. The molecule has 0 saturated carbocycles. The summed E-state index contributed by atoms with van der Waals surface area (Å²) in [6, 6.07) is 5.82. The number of sulfonamides is 1. The molecule has 0 spiro atoms. The fourth-order valence-corrected chi connectivity index (χ4v) is 4.18. The van der Waals surface area contributed by atoms with E-state index in [0.717, 1.165) is 0 Å². The zero-order valence-electron chi connectivity index (χ0n) is 16.6. The quantitative estimate of drug-likeness (QED) is 0.712. The van der Waals surface area contributed by atoms with Crippen LogP contribution in [0.5, 0.6) is 0 Å². The second-order valence-electron chi connectivity index (χ2n) is 6.32. The lowest BCUT2D eigenvalue weighted by Crippen LogP contribution is -2.32. The molecule has 0 aliphatic heterocycles. The van der Waals surface area contributed by atoms with Crippen LogP contribution in [0.25, 0.3) is 0 Å². The van der Waals surface area contributed by atoms with Gasteiger partial charge in [0, 0.05) is 43.0 Å². The number of aryl methyl sites for hydroxylation is 1. The lowest BCUT2D eigenvalue weighted by molar-refractivity contribution is 0.0952. The number of nitrogens with one attached hydrogen (secondary N) is 1. The minimum atomic E-state index is -3.55. The van der Waals surface area contributed by atoms with Gasteiger partial charge < -0.3 is 5.32 Å². The Morgan fingerprint density at radius 3 is 2.32 bits per heavy atom. The van der Waals surface area contributed by atoms with Crippen LogP contribution in [0.15, 0.2) is 40.3 Å². The molecular formula is C19H26N4O4S. The van der Waals surface area contributed by atoms with Crippen molar-refractivity contribution in [1.29, 1.82) is 0 Å². The molecule has 0 saturated heterocycles. The molecule has 1 aromatic heterocycles. The maximum Gasteiger partial charge on any atom is 0.256 e. The van der Waals surface area contributed by atoms with Gasteiger partial charge >= 0.3 is 0 Å². The Morgan fingerprint density at radius 1 is 1.14 bits per heavy atom. The SMILES string of the molecule is CCN(CC)S(=O)(=O)c1ccc(C(=O)NCCn2cnc(C)c(C)c2=O)cc1. The zero-order chi connectivity index (χ0) is 20.9. The minimum Gasteiger partial charge on any atom is -0.350 e. The Hall–Kier alpha value is -2.52. The van der Waals surface area contributed by atoms with Crippen molar-refractivity contribution in [2.75, 3.05) is 19.6 Å². The van der Waals surface area contributed by atoms with Gasteiger partial charge in [-0.05, 0) is 38.1 Å². The van der Waals surface area contributed by atoms with Crippen LogP contribution in [0.2, 0.25) is 0 Å². The molecule has 0 radical (unpaired) electrons. The van der Waals surface area contributed by atoms with E-state index in [1.54, 1.807) is 27.7 Å². The first-order chi connectivity index (χ1) is 13.2. The van der Waals surface area contributed by atoms with E-state index >= 15 is 0 Å². The van der Waals surface area contributed by atoms with Crippen molar-refractivity contribution in [3.63, 3.8) is 0 Å². The van der Waals surface area contributed by atoms with Crippen LogP contribution in [-0.2, 0) is 16.6 Å². The topological polar surface area (TPSA) is 101 Å². The van der Waals surface area contributed by atoms with Crippen molar-refractivity contribution >= 4 is 15.9 Å². The number of hydrogen-bond acceptors (Lipinski definition) is 5. The Balaban J connectivity index is 2.02. The molecule has 0 aliphatic carbocycles. The molecule has 2 aromatic rings. The Bertz CT molecular complexity index is 994. The molecule has 1 aromatic carbocycles. The van der Waals surface area contributed by atoms with Crippen LogP contribution in [-0.4, -0.2) is 47.8 Å². The van der Waals surface area contributed by atoms with E-state index in [1.165, 1.54) is 39.5 Å². The number of amides is 1. The summed E-state index contributed by atoms with van der Waals surface area (Å²) in [5.41, 5.74) is 1.49. The standard InChI is InChI=1S/C19H26N4O4S/c1-5-23(6-2)28(26,27)17-9-7-16(8-10-17)18(24)20-11-12-22-13-21-15(4)14(3)19(22)25/h7-10,13H,5-6,11-12H2,1-4H3,(H,20,24). The Labute approximate surface area is 165 Å². The monoisotopic (exact) mass is 406 g/mol. The summed E-state index contributed by atoms with van der Waals surface area (Å²) in [4.78, 5) is 28.7. The Kier molecular flexibility index (Phi) is 7.09. The van der Waals surface area contributed by atoms with Gasteiger partial charge in [0.15, 0.2) is 0 Å². The van der Waals surface area contributed by atoms with Gasteiger partial charge in [0.2, 0.25) is 10.0 Å². The summed E-state index contributed by atoms with van der Waals surface area (Å²) >= 11 is 0. The lowest BCUT2D eigenvalue weighted by atomic mass is 10.2. The summed E-state index contributed by atoms with van der Waals surface area (Å²) in [6.45, 7) is 8.36. The van der Waals surface area contributed by atoms with Gasteiger partial charge in [0.05, 0.1) is 11.2 Å². The third kappa shape index (κ3) is 4.66. The first-order valence-corrected chi connectivity index (χ1v) is 10.6. The lowest BCUT2D eigenvalue weighted by Gasteiger charge is -2.18. The van der Waals surface area contributed by atoms with Crippen molar-refractivity contribution in [2.24, 2.45) is 0 Å². The molecule has 2 rings (SSSR count). The number of carbonyl (C=O) groups excluding carboxylic acids is 1. The molecule has 0 unspecified atom stereocenters. The second kappa shape index (κ2) is 9.11. The average molecular weight is 407 g/mol. The molecule has 1 N–H and O–H groups in total. The molecule has 28 heavy (non-hydrogen) atoms. The highest BCUT2D eigenvalue weighted by Crippen LogP contribution is 2.16. The van der Waals surface area contributed by atoms with E-state index in [1.807, 2.05) is 0 Å². The molecule has 8 nitrogen and oxygen atoms in total. The largest absolute Gasteiger partial charge is 0.350 e. The van der Waals surface area contributed by atoms with E-state index in [-0.39, 0.29) is 22.9 Å². The maximum absolute atomic E-state index is 12.5. The van der Waals surface area contributed by atoms with Crippen molar-refractivity contribution in [3.8, 4) is 0 Å². The van der Waals surface area contributed by atoms with Gasteiger partial charge in [-0.1, -0.05) is 13.8 Å². The number of rotatable bonds is 8. The third-order valence-electron chi connectivity index (χ3n) is 4.61. The molecular weight excluding hydrogens is 380 g/mol. The predicted octanol–water partition coefficient (Wildman–Crippen LogP) is 1.32. The van der Waals surface area contributed by atoms with Crippen LogP contribution in [0.3, 0.4) is 0 Å². The number of hydrogen-bond donors (Lipinski definition) is 1. The van der Waals surface area contributed by atoms with Gasteiger partial charge in [-0.25, -0.2) is 13.4 Å². The van der Waals surface area contributed by atoms with E-state index in [9.17, 15) is 18.0 Å². The summed E-state index contributed by atoms with van der Waals surface area (Å²) in [5.74, 6) is -0.336. The molecule has 9 heteroatoms. The van der Waals surface area contributed by atoms with Crippen LogP contribution in [0.1, 0.15) is 35.5 Å². The summed E-state index contributed by atoms with van der Waals surface area (Å²) in [6.07, 6.45) is 1.46. The first-order valence-electron chi connectivity index (χ1n) is 9.13. The van der Waals surface area contributed by atoms with Crippen molar-refractivity contribution in [2.45, 2.75) is 39.1 Å². The third-order valence-corrected chi connectivity index (χ3v) is 6.68. The highest BCUT2D eigenvalue weighted by molar-refractivity contribution is 7.89. The maximum atomic E-state index is 12.5. The molecule has 1 heterocycles. The van der Waals surface area contributed by atoms with Crippen LogP contribution in [0.4, 0.5) is 0 Å². The molecule has 0 aliphatic rings. The van der Waals surface area contributed by atoms with E-state index in [4.69, 9.17) is 0 Å². The smallest absolute Gasteiger partial charge is 0.256 e. The van der Waals surface area contributed by atoms with E-state index in [2.05, 4.69) is 10.3 Å². The van der Waals surface area contributed by atoms with Gasteiger partial charge in [-0.3, -0.25) is 14.2 Å². The van der Waals surface area contributed by atoms with Crippen LogP contribution in [0, 0.1) is 13.8 Å². The van der Waals surface area contributed by atoms with Crippen LogP contribution >= 0.6 is 0 Å². The fraction of sp³-hybridized carbons (Fsp3) is 0.421. The van der Waals surface area contributed by atoms with Gasteiger partial charge in [-0.15, -0.1) is 0 Å². The first kappa shape index (κ1) is 21.8. The van der Waals surface area contributed by atoms with Gasteiger partial charge in [-0.2, -0.15) is 4.31 Å². The molecule has 0 bridgehead atoms. The van der Waals surface area contributed by atoms with Gasteiger partial charge in [0.25, 0.3) is 11.5 Å². The minimum absolute atomic E-state index is 0.132. The molecule has 152 valence electrons. The van der Waals surface area contributed by atoms with Gasteiger partial charge in [0.1, 0.15) is 0 Å². The molecule has 0 fully saturated rings. The zero-order valence-corrected chi connectivity index (χ0v) is 17.4. The normalized spacial score (nSPS) is 11.6. The molecule has 1 amide bonds. The second-order valence-corrected chi connectivity index (χ2v) is 8.26. The number of benzene rings is 1. The number of aromatic nitrogens is 2. The number of carbonyl (C=O) groups is 1. The van der Waals surface area contributed by atoms with Crippen molar-refractivity contribution < 1.29 is 13.2 Å². The van der Waals surface area contributed by atoms with E-state index < -0.39 is 10.0 Å². The predicted molar refractivity (Wildman–Crippen MR) is 107 cm³/mol.